The fraction of sp³-hybridized carbons (Fsp3) is 0.188. The molecule has 0 saturated carbocycles. The third-order valence-corrected chi connectivity index (χ3v) is 4.76. The normalized spacial score (nSPS) is 17.4. The van der Waals surface area contributed by atoms with Gasteiger partial charge in [-0.05, 0) is 36.2 Å². The second kappa shape index (κ2) is 4.07. The first-order chi connectivity index (χ1) is 9.29. The molecule has 3 aromatic rings. The maximum Gasteiger partial charge on any atom is 0.116 e. The summed E-state index contributed by atoms with van der Waals surface area (Å²) < 4.78 is 1.28. The van der Waals surface area contributed by atoms with Gasteiger partial charge < -0.3 is 5.32 Å². The van der Waals surface area contributed by atoms with Crippen molar-refractivity contribution in [1.82, 2.24) is 4.98 Å². The van der Waals surface area contributed by atoms with E-state index in [0.717, 1.165) is 11.9 Å². The van der Waals surface area contributed by atoms with Gasteiger partial charge in [0, 0.05) is 12.1 Å². The van der Waals surface area contributed by atoms with Gasteiger partial charge in [0.05, 0.1) is 16.3 Å². The second-order valence-corrected chi connectivity index (χ2v) is 6.14. The van der Waals surface area contributed by atoms with Crippen LogP contribution in [0.25, 0.3) is 10.2 Å². The zero-order valence-electron chi connectivity index (χ0n) is 10.7. The van der Waals surface area contributed by atoms with E-state index in [9.17, 15) is 0 Å². The van der Waals surface area contributed by atoms with Crippen LogP contribution in [0.4, 0.5) is 5.69 Å². The van der Waals surface area contributed by atoms with Crippen molar-refractivity contribution < 1.29 is 0 Å². The lowest BCUT2D eigenvalue weighted by molar-refractivity contribution is 0.816. The maximum atomic E-state index is 4.77. The Labute approximate surface area is 116 Å². The summed E-state index contributed by atoms with van der Waals surface area (Å²) in [5, 5.41) is 4.77. The van der Waals surface area contributed by atoms with Crippen LogP contribution in [-0.2, 0) is 6.42 Å². The monoisotopic (exact) mass is 266 g/mol. The first kappa shape index (κ1) is 11.0. The van der Waals surface area contributed by atoms with Gasteiger partial charge in [-0.1, -0.05) is 24.3 Å². The van der Waals surface area contributed by atoms with Crippen molar-refractivity contribution in [1.29, 1.82) is 0 Å². The number of nitrogens with one attached hydrogen (secondary N) is 1. The fourth-order valence-corrected chi connectivity index (χ4v) is 3.76. The highest BCUT2D eigenvalue weighted by Gasteiger charge is 2.24. The van der Waals surface area contributed by atoms with Crippen molar-refractivity contribution in [3.05, 3.63) is 58.6 Å². The molecule has 0 bridgehead atoms. The topological polar surface area (TPSA) is 24.9 Å². The highest BCUT2D eigenvalue weighted by molar-refractivity contribution is 7.18. The first-order valence-corrected chi connectivity index (χ1v) is 7.33. The highest BCUT2D eigenvalue weighted by Crippen LogP contribution is 2.37. The number of para-hydroxylation sites is 1. The predicted molar refractivity (Wildman–Crippen MR) is 80.9 cm³/mol. The average molecular weight is 266 g/mol. The minimum atomic E-state index is 0.329. The summed E-state index contributed by atoms with van der Waals surface area (Å²) >= 11 is 1.81. The molecule has 0 fully saturated rings. The number of thiazole rings is 1. The van der Waals surface area contributed by atoms with Gasteiger partial charge in [0.25, 0.3) is 0 Å². The Balaban J connectivity index is 1.73. The zero-order valence-corrected chi connectivity index (χ0v) is 11.5. The molecule has 1 aliphatic heterocycles. The highest BCUT2D eigenvalue weighted by atomic mass is 32.1. The van der Waals surface area contributed by atoms with Crippen molar-refractivity contribution >= 4 is 27.2 Å². The molecule has 94 valence electrons. The predicted octanol–water partition coefficient (Wildman–Crippen LogP) is 4.31. The minimum absolute atomic E-state index is 0.329. The molecule has 1 unspecified atom stereocenters. The third kappa shape index (κ3) is 1.81. The molecular formula is C16H14N2S. The Morgan fingerprint density at radius 2 is 2.11 bits per heavy atom. The van der Waals surface area contributed by atoms with Crippen molar-refractivity contribution in [2.24, 2.45) is 0 Å². The fourth-order valence-electron chi connectivity index (χ4n) is 2.65. The Bertz CT molecular complexity index is 735. The molecule has 19 heavy (non-hydrogen) atoms. The van der Waals surface area contributed by atoms with Gasteiger partial charge in [-0.15, -0.1) is 11.3 Å². The first-order valence-electron chi connectivity index (χ1n) is 6.51. The summed E-state index contributed by atoms with van der Waals surface area (Å²) in [6, 6.07) is 15.3. The van der Waals surface area contributed by atoms with E-state index in [4.69, 9.17) is 4.98 Å². The number of fused-ring (bicyclic) bond motifs is 2. The Kier molecular flexibility index (Phi) is 2.35. The van der Waals surface area contributed by atoms with E-state index < -0.39 is 0 Å². The summed E-state index contributed by atoms with van der Waals surface area (Å²) in [7, 11) is 0. The van der Waals surface area contributed by atoms with Crippen LogP contribution >= 0.6 is 11.3 Å². The van der Waals surface area contributed by atoms with E-state index in [0.29, 0.717) is 6.04 Å². The Hall–Kier alpha value is -1.87. The Morgan fingerprint density at radius 1 is 1.21 bits per heavy atom. The second-order valence-electron chi connectivity index (χ2n) is 5.08. The van der Waals surface area contributed by atoms with Gasteiger partial charge in [0.1, 0.15) is 5.01 Å². The molecule has 1 atom stereocenters. The van der Waals surface area contributed by atoms with Crippen molar-refractivity contribution in [3.8, 4) is 0 Å². The van der Waals surface area contributed by atoms with E-state index in [1.54, 1.807) is 11.3 Å². The molecule has 0 aliphatic carbocycles. The quantitative estimate of drug-likeness (QED) is 0.709. The Morgan fingerprint density at radius 3 is 3.00 bits per heavy atom. The van der Waals surface area contributed by atoms with Crippen molar-refractivity contribution in [2.45, 2.75) is 19.4 Å². The lowest BCUT2D eigenvalue weighted by Gasteiger charge is -2.06. The number of aryl methyl sites for hydroxylation is 1. The summed E-state index contributed by atoms with van der Waals surface area (Å²) in [4.78, 5) is 4.77. The molecule has 1 aromatic heterocycles. The van der Waals surface area contributed by atoms with E-state index >= 15 is 0 Å². The van der Waals surface area contributed by atoms with Gasteiger partial charge in [-0.3, -0.25) is 0 Å². The third-order valence-electron chi connectivity index (χ3n) is 3.63. The standard InChI is InChI=1S/C16H14N2S/c1-10-6-7-13-15(8-10)19-16(18-13)14-9-11-4-2-3-5-12(11)17-14/h2-8,14,17H,9H2,1H3. The molecule has 0 radical (unpaired) electrons. The van der Waals surface area contributed by atoms with Crippen molar-refractivity contribution in [2.75, 3.05) is 5.32 Å². The summed E-state index contributed by atoms with van der Waals surface area (Å²) in [6.45, 7) is 2.13. The zero-order chi connectivity index (χ0) is 12.8. The van der Waals surface area contributed by atoms with Gasteiger partial charge in [-0.2, -0.15) is 0 Å². The molecule has 0 amide bonds. The summed E-state index contributed by atoms with van der Waals surface area (Å²) in [6.07, 6.45) is 1.04. The molecule has 0 spiro atoms. The van der Waals surface area contributed by atoms with Gasteiger partial charge in [0.2, 0.25) is 0 Å². The minimum Gasteiger partial charge on any atom is -0.375 e. The van der Waals surface area contributed by atoms with Crippen LogP contribution in [0, 0.1) is 6.92 Å². The molecule has 1 aliphatic rings. The SMILES string of the molecule is Cc1ccc2nc(C3Cc4ccccc4N3)sc2c1. The van der Waals surface area contributed by atoms with Crippen LogP contribution in [0.3, 0.4) is 0 Å². The molecule has 2 heterocycles. The maximum absolute atomic E-state index is 4.77. The molecular weight excluding hydrogens is 252 g/mol. The van der Waals surface area contributed by atoms with Crippen LogP contribution in [0.2, 0.25) is 0 Å². The number of nitrogens with zero attached hydrogens (tertiary/aromatic N) is 1. The average Bonchev–Trinajstić information content (AvgIpc) is 3.00. The van der Waals surface area contributed by atoms with Crippen LogP contribution in [0.15, 0.2) is 42.5 Å². The van der Waals surface area contributed by atoms with E-state index in [2.05, 4.69) is 54.7 Å². The molecule has 2 nitrogen and oxygen atoms in total. The molecule has 3 heteroatoms. The van der Waals surface area contributed by atoms with Crippen molar-refractivity contribution in [3.63, 3.8) is 0 Å². The lowest BCUT2D eigenvalue weighted by Crippen LogP contribution is -2.04. The molecule has 4 rings (SSSR count). The summed E-state index contributed by atoms with van der Waals surface area (Å²) in [5.74, 6) is 0. The van der Waals surface area contributed by atoms with Gasteiger partial charge in [0.15, 0.2) is 0 Å². The van der Waals surface area contributed by atoms with E-state index in [1.165, 1.54) is 26.5 Å². The number of benzene rings is 2. The van der Waals surface area contributed by atoms with Crippen LogP contribution < -0.4 is 5.32 Å². The number of anilines is 1. The van der Waals surface area contributed by atoms with E-state index in [-0.39, 0.29) is 0 Å². The molecule has 1 N–H and O–H groups in total. The number of rotatable bonds is 1. The number of hydrogen-bond donors (Lipinski definition) is 1. The number of aromatic nitrogens is 1. The lowest BCUT2D eigenvalue weighted by atomic mass is 10.1. The molecule has 0 saturated heterocycles. The van der Waals surface area contributed by atoms with Crippen LogP contribution in [0.5, 0.6) is 0 Å². The number of hydrogen-bond acceptors (Lipinski definition) is 3. The smallest absolute Gasteiger partial charge is 0.116 e. The van der Waals surface area contributed by atoms with Crippen LogP contribution in [-0.4, -0.2) is 4.98 Å². The van der Waals surface area contributed by atoms with Gasteiger partial charge >= 0.3 is 0 Å². The molecule has 2 aromatic carbocycles. The van der Waals surface area contributed by atoms with Crippen LogP contribution in [0.1, 0.15) is 22.2 Å². The largest absolute Gasteiger partial charge is 0.375 e. The van der Waals surface area contributed by atoms with E-state index in [1.807, 2.05) is 0 Å². The summed E-state index contributed by atoms with van der Waals surface area (Å²) in [5.41, 5.74) is 5.06. The van der Waals surface area contributed by atoms with Gasteiger partial charge in [-0.25, -0.2) is 4.98 Å².